The third-order valence-corrected chi connectivity index (χ3v) is 4.03. The van der Waals surface area contributed by atoms with Crippen molar-refractivity contribution in [1.29, 1.82) is 0 Å². The number of hydrogen-bond donors (Lipinski definition) is 2. The Kier molecular flexibility index (Phi) is 6.46. The van der Waals surface area contributed by atoms with E-state index in [-0.39, 0.29) is 18.9 Å². The number of hydrogen-bond acceptors (Lipinski definition) is 3. The summed E-state index contributed by atoms with van der Waals surface area (Å²) >= 11 is 0. The van der Waals surface area contributed by atoms with Gasteiger partial charge in [-0.25, -0.2) is 0 Å². The van der Waals surface area contributed by atoms with Crippen molar-refractivity contribution in [2.45, 2.75) is 64.4 Å². The van der Waals surface area contributed by atoms with Gasteiger partial charge in [0.1, 0.15) is 0 Å². The first-order chi connectivity index (χ1) is 9.41. The Hall–Kier alpha value is -1.10. The van der Waals surface area contributed by atoms with Gasteiger partial charge in [-0.3, -0.25) is 9.59 Å². The molecule has 0 aromatic carbocycles. The van der Waals surface area contributed by atoms with Crippen molar-refractivity contribution in [2.75, 3.05) is 13.1 Å². The third kappa shape index (κ3) is 4.78. The number of carbonyl (C=O) groups is 2. The van der Waals surface area contributed by atoms with Gasteiger partial charge in [-0.1, -0.05) is 26.7 Å². The highest BCUT2D eigenvalue weighted by Gasteiger charge is 2.33. The predicted octanol–water partition coefficient (Wildman–Crippen LogP) is 2.03. The molecule has 1 saturated heterocycles. The number of amides is 1. The molecule has 1 fully saturated rings. The standard InChI is InChI=1S/C15H27NO4/c1-3-7-15(20,8-4-2)10-13(17)16-9-5-6-12(11-16)14(18)19/h12,20H,3-11H2,1-2H3,(H,18,19). The molecule has 116 valence electrons. The molecule has 5 heteroatoms. The van der Waals surface area contributed by atoms with Crippen LogP contribution in [0.3, 0.4) is 0 Å². The summed E-state index contributed by atoms with van der Waals surface area (Å²) in [5.74, 6) is -1.40. The molecule has 0 aromatic rings. The van der Waals surface area contributed by atoms with Gasteiger partial charge in [0.05, 0.1) is 17.9 Å². The zero-order chi connectivity index (χ0) is 15.2. The second-order valence-corrected chi connectivity index (χ2v) is 5.92. The van der Waals surface area contributed by atoms with E-state index in [0.717, 1.165) is 19.3 Å². The molecule has 0 bridgehead atoms. The Bertz CT molecular complexity index is 337. The monoisotopic (exact) mass is 285 g/mol. The van der Waals surface area contributed by atoms with E-state index in [9.17, 15) is 14.7 Å². The average molecular weight is 285 g/mol. The summed E-state index contributed by atoms with van der Waals surface area (Å²) in [5, 5.41) is 19.6. The molecule has 1 unspecified atom stereocenters. The molecule has 0 saturated carbocycles. The molecule has 5 nitrogen and oxygen atoms in total. The van der Waals surface area contributed by atoms with Crippen molar-refractivity contribution in [3.8, 4) is 0 Å². The third-order valence-electron chi connectivity index (χ3n) is 4.03. The molecule has 1 atom stereocenters. The zero-order valence-corrected chi connectivity index (χ0v) is 12.6. The van der Waals surface area contributed by atoms with Crippen LogP contribution in [-0.2, 0) is 9.59 Å². The van der Waals surface area contributed by atoms with E-state index in [1.807, 2.05) is 13.8 Å². The van der Waals surface area contributed by atoms with Crippen LogP contribution in [0.1, 0.15) is 58.8 Å². The molecule has 0 radical (unpaired) electrons. The second kappa shape index (κ2) is 7.62. The van der Waals surface area contributed by atoms with Gasteiger partial charge < -0.3 is 15.1 Å². The van der Waals surface area contributed by atoms with Crippen molar-refractivity contribution >= 4 is 11.9 Å². The van der Waals surface area contributed by atoms with Gasteiger partial charge in [0.2, 0.25) is 5.91 Å². The van der Waals surface area contributed by atoms with Crippen LogP contribution in [0, 0.1) is 5.92 Å². The van der Waals surface area contributed by atoms with Crippen molar-refractivity contribution in [2.24, 2.45) is 5.92 Å². The lowest BCUT2D eigenvalue weighted by Crippen LogP contribution is -2.45. The van der Waals surface area contributed by atoms with Crippen LogP contribution < -0.4 is 0 Å². The predicted molar refractivity (Wildman–Crippen MR) is 76.3 cm³/mol. The summed E-state index contributed by atoms with van der Waals surface area (Å²) in [6.07, 6.45) is 4.37. The van der Waals surface area contributed by atoms with Crippen LogP contribution in [0.4, 0.5) is 0 Å². The van der Waals surface area contributed by atoms with Crippen molar-refractivity contribution in [3.63, 3.8) is 0 Å². The first kappa shape index (κ1) is 17.0. The number of aliphatic carboxylic acids is 1. The van der Waals surface area contributed by atoms with E-state index in [1.54, 1.807) is 4.90 Å². The molecule has 0 spiro atoms. The topological polar surface area (TPSA) is 77.8 Å². The fourth-order valence-corrected chi connectivity index (χ4v) is 3.03. The molecule has 1 rings (SSSR count). The van der Waals surface area contributed by atoms with E-state index in [2.05, 4.69) is 0 Å². The summed E-state index contributed by atoms with van der Waals surface area (Å²) in [7, 11) is 0. The largest absolute Gasteiger partial charge is 0.481 e. The highest BCUT2D eigenvalue weighted by molar-refractivity contribution is 5.78. The molecule has 1 aliphatic heterocycles. The maximum Gasteiger partial charge on any atom is 0.308 e. The molecule has 1 aliphatic rings. The number of aliphatic hydroxyl groups is 1. The Balaban J connectivity index is 2.61. The maximum absolute atomic E-state index is 12.3. The molecule has 0 aromatic heterocycles. The summed E-state index contributed by atoms with van der Waals surface area (Å²) < 4.78 is 0. The highest BCUT2D eigenvalue weighted by Crippen LogP contribution is 2.26. The quantitative estimate of drug-likeness (QED) is 0.750. The smallest absolute Gasteiger partial charge is 0.308 e. The van der Waals surface area contributed by atoms with Crippen molar-refractivity contribution in [3.05, 3.63) is 0 Å². The molecular formula is C15H27NO4. The number of carbonyl (C=O) groups excluding carboxylic acids is 1. The summed E-state index contributed by atoms with van der Waals surface area (Å²) in [4.78, 5) is 24.9. The maximum atomic E-state index is 12.3. The van der Waals surface area contributed by atoms with E-state index in [0.29, 0.717) is 25.8 Å². The van der Waals surface area contributed by atoms with E-state index < -0.39 is 17.5 Å². The summed E-state index contributed by atoms with van der Waals surface area (Å²) in [6.45, 7) is 4.87. The van der Waals surface area contributed by atoms with E-state index in [4.69, 9.17) is 5.11 Å². The Morgan fingerprint density at radius 3 is 2.35 bits per heavy atom. The normalized spacial score (nSPS) is 19.9. The lowest BCUT2D eigenvalue weighted by atomic mass is 9.88. The lowest BCUT2D eigenvalue weighted by Gasteiger charge is -2.34. The minimum atomic E-state index is -0.934. The van der Waals surface area contributed by atoms with Crippen LogP contribution in [0.2, 0.25) is 0 Å². The molecule has 20 heavy (non-hydrogen) atoms. The van der Waals surface area contributed by atoms with Gasteiger partial charge in [-0.05, 0) is 25.7 Å². The number of likely N-dealkylation sites (tertiary alicyclic amines) is 1. The summed E-state index contributed by atoms with van der Waals surface area (Å²) in [5.41, 5.74) is -0.934. The van der Waals surface area contributed by atoms with Crippen LogP contribution in [0.5, 0.6) is 0 Å². The number of carboxylic acids is 1. The average Bonchev–Trinajstić information content (AvgIpc) is 2.39. The SMILES string of the molecule is CCCC(O)(CCC)CC(=O)N1CCCC(C(=O)O)C1. The Labute approximate surface area is 121 Å². The van der Waals surface area contributed by atoms with E-state index in [1.165, 1.54) is 0 Å². The lowest BCUT2D eigenvalue weighted by molar-refractivity contribution is -0.147. The molecule has 0 aliphatic carbocycles. The van der Waals surface area contributed by atoms with Crippen molar-refractivity contribution < 1.29 is 19.8 Å². The van der Waals surface area contributed by atoms with E-state index >= 15 is 0 Å². The highest BCUT2D eigenvalue weighted by atomic mass is 16.4. The molecular weight excluding hydrogens is 258 g/mol. The van der Waals surface area contributed by atoms with Gasteiger partial charge >= 0.3 is 5.97 Å². The number of nitrogens with zero attached hydrogens (tertiary/aromatic N) is 1. The molecule has 1 amide bonds. The van der Waals surface area contributed by atoms with Gasteiger partial charge in [0.15, 0.2) is 0 Å². The number of piperidine rings is 1. The van der Waals surface area contributed by atoms with Crippen molar-refractivity contribution in [1.82, 2.24) is 4.90 Å². The first-order valence-corrected chi connectivity index (χ1v) is 7.65. The molecule has 1 heterocycles. The minimum Gasteiger partial charge on any atom is -0.481 e. The fraction of sp³-hybridized carbons (Fsp3) is 0.867. The first-order valence-electron chi connectivity index (χ1n) is 7.65. The van der Waals surface area contributed by atoms with Crippen LogP contribution in [0.25, 0.3) is 0 Å². The number of carboxylic acid groups (broad SMARTS) is 1. The van der Waals surface area contributed by atoms with Gasteiger partial charge in [-0.15, -0.1) is 0 Å². The van der Waals surface area contributed by atoms with Gasteiger partial charge in [0.25, 0.3) is 0 Å². The fourth-order valence-electron chi connectivity index (χ4n) is 3.03. The number of rotatable bonds is 7. The second-order valence-electron chi connectivity index (χ2n) is 5.92. The molecule has 2 N–H and O–H groups in total. The minimum absolute atomic E-state index is 0.111. The Morgan fingerprint density at radius 1 is 1.25 bits per heavy atom. The van der Waals surface area contributed by atoms with Crippen LogP contribution >= 0.6 is 0 Å². The zero-order valence-electron chi connectivity index (χ0n) is 12.6. The van der Waals surface area contributed by atoms with Gasteiger partial charge in [-0.2, -0.15) is 0 Å². The van der Waals surface area contributed by atoms with Crippen LogP contribution in [0.15, 0.2) is 0 Å². The summed E-state index contributed by atoms with van der Waals surface area (Å²) in [6, 6.07) is 0. The van der Waals surface area contributed by atoms with Gasteiger partial charge in [0, 0.05) is 13.1 Å². The Morgan fingerprint density at radius 2 is 1.85 bits per heavy atom. The van der Waals surface area contributed by atoms with Crippen LogP contribution in [-0.4, -0.2) is 45.7 Å².